The Morgan fingerprint density at radius 1 is 1.22 bits per heavy atom. The van der Waals surface area contributed by atoms with Crippen molar-refractivity contribution in [2.24, 2.45) is 27.8 Å². The maximum absolute atomic E-state index is 11.8. The monoisotopic (exact) mass is 531 g/mol. The summed E-state index contributed by atoms with van der Waals surface area (Å²) in [6.45, 7) is 3.49. The Bertz CT molecular complexity index is 1200. The highest BCUT2D eigenvalue weighted by atomic mass is 32.2. The van der Waals surface area contributed by atoms with Gasteiger partial charge in [0.05, 0.1) is 11.8 Å². The van der Waals surface area contributed by atoms with E-state index in [0.29, 0.717) is 36.8 Å². The molecule has 37 heavy (non-hydrogen) atoms. The van der Waals surface area contributed by atoms with Gasteiger partial charge < -0.3 is 5.11 Å². The number of oxime groups is 1. The molecule has 0 spiro atoms. The number of nitrogens with one attached hydrogen (secondary N) is 1. The van der Waals surface area contributed by atoms with Crippen LogP contribution in [0.2, 0.25) is 0 Å². The third-order valence-electron chi connectivity index (χ3n) is 9.52. The number of nitriles is 1. The molecule has 0 aliphatic heterocycles. The van der Waals surface area contributed by atoms with Crippen LogP contribution in [-0.4, -0.2) is 31.1 Å². The quantitative estimate of drug-likeness (QED) is 0.317. The fourth-order valence-corrected chi connectivity index (χ4v) is 8.40. The summed E-state index contributed by atoms with van der Waals surface area (Å²) in [6, 6.07) is 2.48. The lowest BCUT2D eigenvalue weighted by Gasteiger charge is -2.53. The molecule has 0 saturated heterocycles. The first-order valence-electron chi connectivity index (χ1n) is 13.3. The molecule has 0 heterocycles. The summed E-state index contributed by atoms with van der Waals surface area (Å²) in [7, 11) is -4.25. The van der Waals surface area contributed by atoms with Crippen molar-refractivity contribution in [1.29, 1.82) is 5.26 Å². The zero-order valence-electron chi connectivity index (χ0n) is 21.7. The van der Waals surface area contributed by atoms with Gasteiger partial charge >= 0.3 is 16.3 Å². The van der Waals surface area contributed by atoms with Gasteiger partial charge in [0.2, 0.25) is 5.91 Å². The van der Waals surface area contributed by atoms with Crippen molar-refractivity contribution in [2.45, 2.75) is 97.3 Å². The van der Waals surface area contributed by atoms with Crippen LogP contribution in [-0.2, 0) is 24.2 Å². The molecular weight excluding hydrogens is 494 g/mol. The number of rotatable bonds is 9. The molecule has 9 nitrogen and oxygen atoms in total. The lowest BCUT2D eigenvalue weighted by molar-refractivity contribution is -0.137. The number of amides is 1. The maximum Gasteiger partial charge on any atom is 0.429 e. The van der Waals surface area contributed by atoms with Crippen molar-refractivity contribution in [3.05, 3.63) is 22.8 Å². The van der Waals surface area contributed by atoms with E-state index in [1.54, 1.807) is 4.72 Å². The molecule has 2 N–H and O–H groups in total. The normalized spacial score (nSPS) is 32.0. The lowest BCUT2D eigenvalue weighted by atomic mass is 9.50. The first-order chi connectivity index (χ1) is 17.5. The third kappa shape index (κ3) is 5.47. The molecule has 2 unspecified atom stereocenters. The minimum Gasteiger partial charge on any atom is -0.481 e. The summed E-state index contributed by atoms with van der Waals surface area (Å²) in [4.78, 5) is 22.0. The van der Waals surface area contributed by atoms with Gasteiger partial charge in [0.1, 0.15) is 0 Å². The van der Waals surface area contributed by atoms with Crippen LogP contribution in [0.5, 0.6) is 0 Å². The summed E-state index contributed by atoms with van der Waals surface area (Å²) in [5, 5.41) is 22.6. The van der Waals surface area contributed by atoms with Gasteiger partial charge in [0.15, 0.2) is 0 Å². The number of aliphatic carboxylic acids is 1. The molecule has 0 radical (unpaired) electrons. The minimum absolute atomic E-state index is 0.0413. The summed E-state index contributed by atoms with van der Waals surface area (Å²) < 4.78 is 29.9. The highest BCUT2D eigenvalue weighted by molar-refractivity contribution is 7.85. The number of fused-ring (bicyclic) bond motifs is 4. The predicted octanol–water partition coefficient (Wildman–Crippen LogP) is 4.92. The van der Waals surface area contributed by atoms with Crippen molar-refractivity contribution in [3.8, 4) is 6.07 Å². The topological polar surface area (TPSA) is 146 Å². The van der Waals surface area contributed by atoms with E-state index in [1.807, 2.05) is 6.08 Å². The van der Waals surface area contributed by atoms with Crippen molar-refractivity contribution < 1.29 is 27.4 Å². The number of nitrogens with zero attached hydrogens (tertiary/aromatic N) is 2. The van der Waals surface area contributed by atoms with E-state index in [1.165, 1.54) is 16.7 Å². The molecule has 4 aliphatic rings. The smallest absolute Gasteiger partial charge is 0.429 e. The maximum atomic E-state index is 11.8. The Kier molecular flexibility index (Phi) is 7.84. The van der Waals surface area contributed by atoms with Crippen LogP contribution in [0.15, 0.2) is 28.0 Å². The number of hydrogen-bond donors (Lipinski definition) is 2. The molecule has 1 amide bonds. The van der Waals surface area contributed by atoms with Crippen LogP contribution < -0.4 is 4.72 Å². The predicted molar refractivity (Wildman–Crippen MR) is 137 cm³/mol. The Hall–Kier alpha value is -2.67. The average molecular weight is 532 g/mol. The zero-order valence-corrected chi connectivity index (χ0v) is 22.5. The van der Waals surface area contributed by atoms with Crippen LogP contribution in [0.25, 0.3) is 0 Å². The second-order valence-corrected chi connectivity index (χ2v) is 12.6. The van der Waals surface area contributed by atoms with Gasteiger partial charge in [-0.05, 0) is 104 Å². The van der Waals surface area contributed by atoms with Crippen LogP contribution in [0.1, 0.15) is 97.3 Å². The molecule has 0 aromatic carbocycles. The summed E-state index contributed by atoms with van der Waals surface area (Å²) in [6.07, 6.45) is 12.6. The van der Waals surface area contributed by atoms with E-state index >= 15 is 0 Å². The van der Waals surface area contributed by atoms with Crippen molar-refractivity contribution >= 4 is 27.9 Å². The SMILES string of the molecule is CC(=O)NS(=O)(=O)ON=C1C=C2CCC3C(=C2CC1)CC[C@@]1(C)C3CC[C@]1(CC#N)CCCCC(=O)O. The third-order valence-corrected chi connectivity index (χ3v) is 10.3. The van der Waals surface area contributed by atoms with E-state index < -0.39 is 22.2 Å². The first kappa shape index (κ1) is 27.4. The average Bonchev–Trinajstić information content (AvgIpc) is 3.12. The van der Waals surface area contributed by atoms with E-state index in [2.05, 4.69) is 22.4 Å². The first-order valence-corrected chi connectivity index (χ1v) is 14.7. The number of carbonyl (C=O) groups is 2. The minimum atomic E-state index is -4.25. The van der Waals surface area contributed by atoms with Crippen molar-refractivity contribution in [1.82, 2.24) is 4.72 Å². The number of carboxylic acids is 1. The van der Waals surface area contributed by atoms with Crippen LogP contribution in [0.4, 0.5) is 0 Å². The van der Waals surface area contributed by atoms with Crippen LogP contribution in [0.3, 0.4) is 0 Å². The lowest BCUT2D eigenvalue weighted by Crippen LogP contribution is -2.45. The number of carboxylic acid groups (broad SMARTS) is 1. The highest BCUT2D eigenvalue weighted by Crippen LogP contribution is 2.69. The van der Waals surface area contributed by atoms with E-state index in [-0.39, 0.29) is 17.3 Å². The molecule has 2 saturated carbocycles. The fraction of sp³-hybridized carbons (Fsp3) is 0.704. The molecule has 10 heteroatoms. The Morgan fingerprint density at radius 3 is 2.70 bits per heavy atom. The van der Waals surface area contributed by atoms with Gasteiger partial charge in [-0.2, -0.15) is 13.7 Å². The number of hydrogen-bond acceptors (Lipinski definition) is 7. The summed E-state index contributed by atoms with van der Waals surface area (Å²) in [5.41, 5.74) is 4.72. The van der Waals surface area contributed by atoms with E-state index in [4.69, 9.17) is 5.11 Å². The van der Waals surface area contributed by atoms with Crippen LogP contribution >= 0.6 is 0 Å². The fourth-order valence-electron chi connectivity index (χ4n) is 7.82. The van der Waals surface area contributed by atoms with Gasteiger partial charge in [-0.25, -0.2) is 4.72 Å². The largest absolute Gasteiger partial charge is 0.481 e. The molecular formula is C27H37N3O6S. The molecule has 0 aromatic rings. The molecule has 0 bridgehead atoms. The summed E-state index contributed by atoms with van der Waals surface area (Å²) in [5.74, 6) is -0.464. The standard InChI is InChI=1S/C27H37N3O6S/c1-18(31)30-37(34,35)36-29-20-7-9-21-19(17-20)6-8-23-22(21)10-13-26(2)24(23)11-14-27(26,15-16-28)12-4-3-5-25(32)33/h17,23-24H,3-15H2,1-2H3,(H,30,31)(H,32,33)/t23?,24?,26-,27-/m0/s1. The Morgan fingerprint density at radius 2 is 2.00 bits per heavy atom. The van der Waals surface area contributed by atoms with Gasteiger partial charge in [0.25, 0.3) is 0 Å². The van der Waals surface area contributed by atoms with Crippen molar-refractivity contribution in [3.63, 3.8) is 0 Å². The van der Waals surface area contributed by atoms with Gasteiger partial charge in [-0.1, -0.05) is 24.1 Å². The highest BCUT2D eigenvalue weighted by Gasteiger charge is 2.60. The van der Waals surface area contributed by atoms with E-state index in [9.17, 15) is 23.3 Å². The van der Waals surface area contributed by atoms with Crippen molar-refractivity contribution in [2.75, 3.05) is 0 Å². The van der Waals surface area contributed by atoms with Crippen LogP contribution in [0, 0.1) is 34.0 Å². The molecule has 2 fully saturated rings. The van der Waals surface area contributed by atoms with Gasteiger partial charge in [-0.15, -0.1) is 0 Å². The summed E-state index contributed by atoms with van der Waals surface area (Å²) >= 11 is 0. The molecule has 202 valence electrons. The van der Waals surface area contributed by atoms with Gasteiger partial charge in [0, 0.05) is 19.8 Å². The Balaban J connectivity index is 1.52. The number of unbranched alkanes of at least 4 members (excludes halogenated alkanes) is 1. The number of allylic oxidation sites excluding steroid dienone is 4. The molecule has 4 rings (SSSR count). The molecule has 4 aliphatic carbocycles. The zero-order chi connectivity index (χ0) is 26.8. The Labute approximate surface area is 219 Å². The van der Waals surface area contributed by atoms with E-state index in [0.717, 1.165) is 64.7 Å². The second-order valence-electron chi connectivity index (χ2n) is 11.4. The molecule has 4 atom stereocenters. The molecule has 0 aromatic heterocycles. The van der Waals surface area contributed by atoms with Gasteiger partial charge in [-0.3, -0.25) is 13.9 Å². The second kappa shape index (κ2) is 10.6. The number of carbonyl (C=O) groups excluding carboxylic acids is 1.